The molecule has 0 aliphatic heterocycles. The second-order valence-electron chi connectivity index (χ2n) is 5.29. The molecular formula is C15H19N3OS. The molecule has 1 amide bonds. The van der Waals surface area contributed by atoms with Gasteiger partial charge in [-0.3, -0.25) is 4.79 Å². The molecule has 4 nitrogen and oxygen atoms in total. The van der Waals surface area contributed by atoms with Gasteiger partial charge in [0.2, 0.25) is 5.91 Å². The number of nitrogens with one attached hydrogen (secondary N) is 1. The number of carbonyl (C=O) groups is 1. The van der Waals surface area contributed by atoms with Crippen molar-refractivity contribution in [2.24, 2.45) is 0 Å². The maximum atomic E-state index is 12.4. The standard InChI is InChI=1S/C15H19N3OS/c1-10-18-13(9-20-10)8-17-14(19)15(2,3)11-4-6-12(16)7-5-11/h4-7,9H,8,16H2,1-3H3,(H,17,19). The summed E-state index contributed by atoms with van der Waals surface area (Å²) in [5, 5.41) is 5.91. The van der Waals surface area contributed by atoms with Crippen LogP contribution in [-0.4, -0.2) is 10.9 Å². The van der Waals surface area contributed by atoms with Crippen LogP contribution < -0.4 is 11.1 Å². The van der Waals surface area contributed by atoms with Crippen LogP contribution in [0.15, 0.2) is 29.6 Å². The van der Waals surface area contributed by atoms with Gasteiger partial charge in [0.25, 0.3) is 0 Å². The Morgan fingerprint density at radius 2 is 2.00 bits per heavy atom. The Bertz CT molecular complexity index is 602. The van der Waals surface area contributed by atoms with Crippen LogP contribution in [0.2, 0.25) is 0 Å². The Morgan fingerprint density at radius 3 is 2.55 bits per heavy atom. The van der Waals surface area contributed by atoms with Gasteiger partial charge >= 0.3 is 0 Å². The molecule has 0 atom stereocenters. The maximum Gasteiger partial charge on any atom is 0.230 e. The number of hydrogen-bond acceptors (Lipinski definition) is 4. The second-order valence-corrected chi connectivity index (χ2v) is 6.35. The third-order valence-electron chi connectivity index (χ3n) is 3.30. The van der Waals surface area contributed by atoms with Gasteiger partial charge in [0.15, 0.2) is 0 Å². The molecule has 2 aromatic rings. The first-order chi connectivity index (χ1) is 9.39. The molecule has 0 spiro atoms. The van der Waals surface area contributed by atoms with Crippen molar-refractivity contribution in [1.29, 1.82) is 0 Å². The van der Waals surface area contributed by atoms with Gasteiger partial charge in [0.05, 0.1) is 22.7 Å². The Labute approximate surface area is 123 Å². The van der Waals surface area contributed by atoms with Crippen LogP contribution in [0.1, 0.15) is 30.1 Å². The summed E-state index contributed by atoms with van der Waals surface area (Å²) in [6.45, 7) is 6.22. The van der Waals surface area contributed by atoms with E-state index in [4.69, 9.17) is 5.73 Å². The summed E-state index contributed by atoms with van der Waals surface area (Å²) in [5.41, 5.74) is 7.61. The van der Waals surface area contributed by atoms with Gasteiger partial charge in [-0.1, -0.05) is 12.1 Å². The highest BCUT2D eigenvalue weighted by Gasteiger charge is 2.29. The third kappa shape index (κ3) is 3.17. The zero-order valence-electron chi connectivity index (χ0n) is 11.9. The van der Waals surface area contributed by atoms with Crippen LogP contribution in [0.3, 0.4) is 0 Å². The summed E-state index contributed by atoms with van der Waals surface area (Å²) in [7, 11) is 0. The topological polar surface area (TPSA) is 68.0 Å². The maximum absolute atomic E-state index is 12.4. The molecule has 1 heterocycles. The van der Waals surface area contributed by atoms with E-state index in [1.54, 1.807) is 11.3 Å². The fraction of sp³-hybridized carbons (Fsp3) is 0.333. The van der Waals surface area contributed by atoms with E-state index in [-0.39, 0.29) is 5.91 Å². The molecule has 0 radical (unpaired) electrons. The minimum Gasteiger partial charge on any atom is -0.399 e. The summed E-state index contributed by atoms with van der Waals surface area (Å²) in [6, 6.07) is 7.41. The molecule has 2 rings (SSSR count). The molecular weight excluding hydrogens is 270 g/mol. The number of thiazole rings is 1. The summed E-state index contributed by atoms with van der Waals surface area (Å²) in [6.07, 6.45) is 0. The zero-order chi connectivity index (χ0) is 14.8. The molecule has 0 unspecified atom stereocenters. The molecule has 1 aromatic carbocycles. The third-order valence-corrected chi connectivity index (χ3v) is 4.12. The number of rotatable bonds is 4. The Morgan fingerprint density at radius 1 is 1.35 bits per heavy atom. The van der Waals surface area contributed by atoms with E-state index in [9.17, 15) is 4.79 Å². The smallest absolute Gasteiger partial charge is 0.230 e. The van der Waals surface area contributed by atoms with Crippen molar-refractivity contribution in [2.75, 3.05) is 5.73 Å². The molecule has 1 aromatic heterocycles. The molecule has 0 bridgehead atoms. The van der Waals surface area contributed by atoms with E-state index in [1.807, 2.05) is 50.4 Å². The van der Waals surface area contributed by atoms with Crippen molar-refractivity contribution in [3.63, 3.8) is 0 Å². The van der Waals surface area contributed by atoms with Crippen LogP contribution in [0.4, 0.5) is 5.69 Å². The van der Waals surface area contributed by atoms with Crippen LogP contribution in [-0.2, 0) is 16.8 Å². The predicted octanol–water partition coefficient (Wildman–Crippen LogP) is 2.63. The summed E-state index contributed by atoms with van der Waals surface area (Å²) in [5.74, 6) is -0.0204. The Kier molecular flexibility index (Phi) is 4.09. The molecule has 0 saturated carbocycles. The highest BCUT2D eigenvalue weighted by molar-refractivity contribution is 7.09. The molecule has 0 aliphatic rings. The van der Waals surface area contributed by atoms with Crippen LogP contribution >= 0.6 is 11.3 Å². The quantitative estimate of drug-likeness (QED) is 0.850. The van der Waals surface area contributed by atoms with E-state index in [0.29, 0.717) is 12.2 Å². The number of benzene rings is 1. The van der Waals surface area contributed by atoms with Gasteiger partial charge in [0.1, 0.15) is 0 Å². The lowest BCUT2D eigenvalue weighted by atomic mass is 9.83. The van der Waals surface area contributed by atoms with Crippen molar-refractivity contribution in [1.82, 2.24) is 10.3 Å². The lowest BCUT2D eigenvalue weighted by molar-refractivity contribution is -0.125. The van der Waals surface area contributed by atoms with E-state index in [0.717, 1.165) is 16.3 Å². The minimum absolute atomic E-state index is 0.0204. The van der Waals surface area contributed by atoms with Crippen LogP contribution in [0, 0.1) is 6.92 Å². The van der Waals surface area contributed by atoms with Gasteiger partial charge < -0.3 is 11.1 Å². The minimum atomic E-state index is -0.598. The van der Waals surface area contributed by atoms with Crippen molar-refractivity contribution in [3.05, 3.63) is 45.9 Å². The van der Waals surface area contributed by atoms with E-state index < -0.39 is 5.41 Å². The fourth-order valence-corrected chi connectivity index (χ4v) is 2.52. The number of anilines is 1. The SMILES string of the molecule is Cc1nc(CNC(=O)C(C)(C)c2ccc(N)cc2)cs1. The molecule has 3 N–H and O–H groups in total. The number of aromatic nitrogens is 1. The van der Waals surface area contributed by atoms with Crippen molar-refractivity contribution in [2.45, 2.75) is 32.7 Å². The summed E-state index contributed by atoms with van der Waals surface area (Å²) >= 11 is 1.59. The average molecular weight is 289 g/mol. The first kappa shape index (κ1) is 14.5. The highest BCUT2D eigenvalue weighted by atomic mass is 32.1. The van der Waals surface area contributed by atoms with Gasteiger partial charge in [-0.2, -0.15) is 0 Å². The molecule has 106 valence electrons. The highest BCUT2D eigenvalue weighted by Crippen LogP contribution is 2.24. The largest absolute Gasteiger partial charge is 0.399 e. The lowest BCUT2D eigenvalue weighted by Crippen LogP contribution is -2.39. The number of carbonyl (C=O) groups excluding carboxylic acids is 1. The molecule has 5 heteroatoms. The van der Waals surface area contributed by atoms with Crippen LogP contribution in [0.5, 0.6) is 0 Å². The van der Waals surface area contributed by atoms with Gasteiger partial charge in [0, 0.05) is 11.1 Å². The van der Waals surface area contributed by atoms with Crippen molar-refractivity contribution >= 4 is 22.9 Å². The number of nitrogens with zero attached hydrogens (tertiary/aromatic N) is 1. The number of amides is 1. The van der Waals surface area contributed by atoms with E-state index >= 15 is 0 Å². The number of nitrogen functional groups attached to an aromatic ring is 1. The second kappa shape index (κ2) is 5.63. The number of aryl methyl sites for hydroxylation is 1. The van der Waals surface area contributed by atoms with Gasteiger partial charge in [-0.25, -0.2) is 4.98 Å². The number of nitrogens with two attached hydrogens (primary N) is 1. The lowest BCUT2D eigenvalue weighted by Gasteiger charge is -2.24. The molecule has 0 aliphatic carbocycles. The Hall–Kier alpha value is -1.88. The monoisotopic (exact) mass is 289 g/mol. The van der Waals surface area contributed by atoms with Crippen molar-refractivity contribution in [3.8, 4) is 0 Å². The molecule has 20 heavy (non-hydrogen) atoms. The molecule has 0 saturated heterocycles. The normalized spacial score (nSPS) is 11.3. The van der Waals surface area contributed by atoms with Gasteiger partial charge in [-0.15, -0.1) is 11.3 Å². The fourth-order valence-electron chi connectivity index (χ4n) is 1.91. The Balaban J connectivity index is 2.05. The van der Waals surface area contributed by atoms with E-state index in [2.05, 4.69) is 10.3 Å². The van der Waals surface area contributed by atoms with Crippen LogP contribution in [0.25, 0.3) is 0 Å². The predicted molar refractivity (Wildman–Crippen MR) is 82.6 cm³/mol. The summed E-state index contributed by atoms with van der Waals surface area (Å²) in [4.78, 5) is 16.7. The average Bonchev–Trinajstić information content (AvgIpc) is 2.82. The number of hydrogen-bond donors (Lipinski definition) is 2. The van der Waals surface area contributed by atoms with Crippen molar-refractivity contribution < 1.29 is 4.79 Å². The van der Waals surface area contributed by atoms with E-state index in [1.165, 1.54) is 0 Å². The first-order valence-electron chi connectivity index (χ1n) is 6.45. The summed E-state index contributed by atoms with van der Waals surface area (Å²) < 4.78 is 0. The first-order valence-corrected chi connectivity index (χ1v) is 7.33. The molecule has 0 fully saturated rings. The zero-order valence-corrected chi connectivity index (χ0v) is 12.8. The van der Waals surface area contributed by atoms with Gasteiger partial charge in [-0.05, 0) is 38.5 Å².